The summed E-state index contributed by atoms with van der Waals surface area (Å²) in [5.41, 5.74) is -0.721. The summed E-state index contributed by atoms with van der Waals surface area (Å²) in [4.78, 5) is 36.4. The number of anilines is 1. The number of carbonyl (C=O) groups is 2. The SMILES string of the molecule is CC(C)[C@@H](NC(=O)OC(C)(C)C)C(=O)NC[C@@H]1CCCN1c1ncc(B2OC(C)(C)C(C)(C)O2)cn1. The summed E-state index contributed by atoms with van der Waals surface area (Å²) in [6, 6.07) is -0.629. The maximum atomic E-state index is 12.9. The standard InChI is InChI=1S/C25H42BN5O5/c1-16(2)19(30-22(33)34-23(3,4)5)20(32)27-15-18-11-10-12-31(18)21-28-13-17(14-29-21)26-35-24(6,7)25(8,9)36-26/h13-14,16,18-19H,10-12,15H2,1-9H3,(H,27,32)(H,30,33)/t18-,19+/m0/s1. The minimum absolute atomic E-state index is 0.0611. The summed E-state index contributed by atoms with van der Waals surface area (Å²) in [5.74, 6) is 0.280. The molecule has 0 bridgehead atoms. The molecule has 2 amide bonds. The predicted octanol–water partition coefficient (Wildman–Crippen LogP) is 2.41. The van der Waals surface area contributed by atoms with Gasteiger partial charge in [0.05, 0.1) is 11.2 Å². The number of ether oxygens (including phenoxy) is 1. The number of nitrogens with one attached hydrogen (secondary N) is 2. The Hall–Kier alpha value is -2.40. The highest BCUT2D eigenvalue weighted by atomic mass is 16.7. The molecule has 0 spiro atoms. The number of carbonyl (C=O) groups excluding carboxylic acids is 2. The fraction of sp³-hybridized carbons (Fsp3) is 0.760. The lowest BCUT2D eigenvalue weighted by Gasteiger charge is -2.32. The van der Waals surface area contributed by atoms with Gasteiger partial charge in [-0.2, -0.15) is 0 Å². The Kier molecular flexibility index (Phi) is 8.25. The van der Waals surface area contributed by atoms with E-state index >= 15 is 0 Å². The second-order valence-corrected chi connectivity index (χ2v) is 12.0. The molecule has 10 nitrogen and oxygen atoms in total. The van der Waals surface area contributed by atoms with Gasteiger partial charge >= 0.3 is 13.2 Å². The molecule has 2 aliphatic heterocycles. The van der Waals surface area contributed by atoms with E-state index in [0.717, 1.165) is 24.8 Å². The lowest BCUT2D eigenvalue weighted by Crippen LogP contribution is -2.52. The van der Waals surface area contributed by atoms with Crippen LogP contribution in [0.3, 0.4) is 0 Å². The highest BCUT2D eigenvalue weighted by Crippen LogP contribution is 2.36. The van der Waals surface area contributed by atoms with Crippen LogP contribution in [0, 0.1) is 5.92 Å². The topological polar surface area (TPSA) is 115 Å². The van der Waals surface area contributed by atoms with Crippen LogP contribution in [0.4, 0.5) is 10.7 Å². The van der Waals surface area contributed by atoms with Gasteiger partial charge in [0.1, 0.15) is 11.6 Å². The third-order valence-electron chi connectivity index (χ3n) is 6.95. The highest BCUT2D eigenvalue weighted by Gasteiger charge is 2.52. The molecular weight excluding hydrogens is 461 g/mol. The van der Waals surface area contributed by atoms with E-state index in [1.807, 2.05) is 41.5 Å². The van der Waals surface area contributed by atoms with Gasteiger partial charge in [-0.15, -0.1) is 0 Å². The molecule has 0 saturated carbocycles. The van der Waals surface area contributed by atoms with Gasteiger partial charge in [0.15, 0.2) is 0 Å². The Labute approximate surface area is 215 Å². The van der Waals surface area contributed by atoms with Gasteiger partial charge in [-0.1, -0.05) is 13.8 Å². The average molecular weight is 503 g/mol. The first kappa shape index (κ1) is 28.2. The largest absolute Gasteiger partial charge is 0.498 e. The summed E-state index contributed by atoms with van der Waals surface area (Å²) in [6.45, 7) is 18.4. The maximum Gasteiger partial charge on any atom is 0.498 e. The van der Waals surface area contributed by atoms with Crippen molar-refractivity contribution in [3.05, 3.63) is 12.4 Å². The number of nitrogens with zero attached hydrogens (tertiary/aromatic N) is 3. The molecule has 0 aromatic carbocycles. The van der Waals surface area contributed by atoms with Crippen LogP contribution >= 0.6 is 0 Å². The van der Waals surface area contributed by atoms with E-state index in [1.54, 1.807) is 33.2 Å². The second kappa shape index (κ2) is 10.5. The molecule has 3 heterocycles. The molecule has 3 rings (SSSR count). The minimum Gasteiger partial charge on any atom is -0.444 e. The van der Waals surface area contributed by atoms with Gasteiger partial charge in [0, 0.05) is 37.0 Å². The van der Waals surface area contributed by atoms with Crippen LogP contribution in [0.5, 0.6) is 0 Å². The minimum atomic E-state index is -0.690. The van der Waals surface area contributed by atoms with E-state index in [0.29, 0.717) is 12.5 Å². The Bertz CT molecular complexity index is 916. The Morgan fingerprint density at radius 3 is 2.28 bits per heavy atom. The lowest BCUT2D eigenvalue weighted by atomic mass is 9.81. The maximum absolute atomic E-state index is 12.9. The smallest absolute Gasteiger partial charge is 0.444 e. The molecule has 2 atom stereocenters. The van der Waals surface area contributed by atoms with Crippen LogP contribution in [0.2, 0.25) is 0 Å². The van der Waals surface area contributed by atoms with E-state index in [9.17, 15) is 9.59 Å². The van der Waals surface area contributed by atoms with Crippen LogP contribution in [-0.4, -0.2) is 71.1 Å². The molecule has 1 aromatic heterocycles. The molecule has 2 fully saturated rings. The quantitative estimate of drug-likeness (QED) is 0.546. The van der Waals surface area contributed by atoms with Crippen LogP contribution < -0.4 is 21.0 Å². The Morgan fingerprint density at radius 2 is 1.75 bits per heavy atom. The number of hydrogen-bond donors (Lipinski definition) is 2. The van der Waals surface area contributed by atoms with Crippen LogP contribution in [0.15, 0.2) is 12.4 Å². The number of alkyl carbamates (subject to hydrolysis) is 1. The molecule has 0 unspecified atom stereocenters. The zero-order chi connectivity index (χ0) is 26.9. The van der Waals surface area contributed by atoms with Crippen molar-refractivity contribution < 1.29 is 23.6 Å². The summed E-state index contributed by atoms with van der Waals surface area (Å²) in [7, 11) is -0.511. The van der Waals surface area contributed by atoms with E-state index < -0.39 is 36.1 Å². The van der Waals surface area contributed by atoms with Gasteiger partial charge in [0.25, 0.3) is 0 Å². The van der Waals surface area contributed by atoms with Crippen molar-refractivity contribution in [1.82, 2.24) is 20.6 Å². The van der Waals surface area contributed by atoms with Crippen molar-refractivity contribution >= 4 is 30.5 Å². The number of amides is 2. The number of hydrogen-bond acceptors (Lipinski definition) is 8. The molecule has 2 aliphatic rings. The monoisotopic (exact) mass is 503 g/mol. The molecule has 36 heavy (non-hydrogen) atoms. The second-order valence-electron chi connectivity index (χ2n) is 12.0. The first-order valence-corrected chi connectivity index (χ1v) is 12.8. The molecule has 200 valence electrons. The van der Waals surface area contributed by atoms with Gasteiger partial charge < -0.3 is 29.6 Å². The van der Waals surface area contributed by atoms with Crippen LogP contribution in [0.25, 0.3) is 0 Å². The van der Waals surface area contributed by atoms with Crippen molar-refractivity contribution in [1.29, 1.82) is 0 Å². The third-order valence-corrected chi connectivity index (χ3v) is 6.95. The molecule has 2 N–H and O–H groups in total. The normalized spacial score (nSPS) is 22.0. The first-order chi connectivity index (χ1) is 16.6. The van der Waals surface area contributed by atoms with Crippen molar-refractivity contribution in [2.75, 3.05) is 18.0 Å². The lowest BCUT2D eigenvalue weighted by molar-refractivity contribution is -0.124. The van der Waals surface area contributed by atoms with Gasteiger partial charge in [-0.25, -0.2) is 14.8 Å². The molecule has 1 aromatic rings. The van der Waals surface area contributed by atoms with Crippen LogP contribution in [-0.2, 0) is 18.8 Å². The van der Waals surface area contributed by atoms with Gasteiger partial charge in [-0.05, 0) is 67.2 Å². The van der Waals surface area contributed by atoms with Crippen molar-refractivity contribution in [3.8, 4) is 0 Å². The van der Waals surface area contributed by atoms with E-state index in [4.69, 9.17) is 14.0 Å². The Balaban J connectivity index is 1.59. The molecular formula is C25H42BN5O5. The summed E-state index contributed by atoms with van der Waals surface area (Å²) in [5, 5.41) is 5.70. The van der Waals surface area contributed by atoms with Gasteiger partial charge in [-0.3, -0.25) is 4.79 Å². The zero-order valence-electron chi connectivity index (χ0n) is 23.2. The van der Waals surface area contributed by atoms with Crippen molar-refractivity contribution in [2.45, 2.75) is 104 Å². The van der Waals surface area contributed by atoms with E-state index in [2.05, 4.69) is 25.5 Å². The number of aromatic nitrogens is 2. The zero-order valence-corrected chi connectivity index (χ0v) is 23.2. The van der Waals surface area contributed by atoms with Crippen molar-refractivity contribution in [3.63, 3.8) is 0 Å². The van der Waals surface area contributed by atoms with Crippen molar-refractivity contribution in [2.24, 2.45) is 5.92 Å². The summed E-state index contributed by atoms with van der Waals surface area (Å²) >= 11 is 0. The predicted molar refractivity (Wildman–Crippen MR) is 139 cm³/mol. The molecule has 11 heteroatoms. The van der Waals surface area contributed by atoms with Gasteiger partial charge in [0.2, 0.25) is 11.9 Å². The number of rotatable bonds is 7. The molecule has 2 saturated heterocycles. The molecule has 0 aliphatic carbocycles. The van der Waals surface area contributed by atoms with E-state index in [1.165, 1.54) is 0 Å². The molecule has 0 radical (unpaired) electrons. The summed E-state index contributed by atoms with van der Waals surface area (Å²) in [6.07, 6.45) is 4.78. The third kappa shape index (κ3) is 6.67. The van der Waals surface area contributed by atoms with Crippen LogP contribution in [0.1, 0.15) is 75.2 Å². The summed E-state index contributed by atoms with van der Waals surface area (Å²) < 4.78 is 17.5. The average Bonchev–Trinajstić information content (AvgIpc) is 3.30. The Morgan fingerprint density at radius 1 is 1.17 bits per heavy atom. The fourth-order valence-electron chi connectivity index (χ4n) is 4.19. The highest BCUT2D eigenvalue weighted by molar-refractivity contribution is 6.61. The first-order valence-electron chi connectivity index (χ1n) is 12.8. The van der Waals surface area contributed by atoms with E-state index in [-0.39, 0.29) is 17.9 Å². The fourth-order valence-corrected chi connectivity index (χ4v) is 4.19.